The van der Waals surface area contributed by atoms with E-state index in [1.807, 2.05) is 36.4 Å². The Morgan fingerprint density at radius 1 is 0.677 bits per heavy atom. The second kappa shape index (κ2) is 13.3. The Balaban J connectivity index is 1.57. The summed E-state index contributed by atoms with van der Waals surface area (Å²) < 4.78 is 10.8. The van der Waals surface area contributed by atoms with E-state index in [1.165, 1.54) is 0 Å². The normalized spacial score (nSPS) is 10.7. The van der Waals surface area contributed by atoms with E-state index in [0.29, 0.717) is 70.2 Å². The van der Waals surface area contributed by atoms with E-state index < -0.39 is 0 Å². The van der Waals surface area contributed by atoms with Gasteiger partial charge in [0, 0.05) is 26.1 Å². The van der Waals surface area contributed by atoms with Gasteiger partial charge >= 0.3 is 0 Å². The van der Waals surface area contributed by atoms with Crippen LogP contribution < -0.4 is 16.4 Å². The van der Waals surface area contributed by atoms with Crippen molar-refractivity contribution < 1.29 is 9.47 Å². The molecule has 0 saturated heterocycles. The quantitative estimate of drug-likeness (QED) is 0.340. The molecule has 0 radical (unpaired) electrons. The third kappa shape index (κ3) is 8.67. The average Bonchev–Trinajstić information content (AvgIpc) is 2.81. The third-order valence-corrected chi connectivity index (χ3v) is 4.34. The molecule has 0 aliphatic carbocycles. The zero-order valence-electron chi connectivity index (χ0n) is 17.7. The summed E-state index contributed by atoms with van der Waals surface area (Å²) in [5.41, 5.74) is 7.69. The molecule has 4 N–H and O–H groups in total. The Morgan fingerprint density at radius 2 is 1.29 bits per heavy atom. The van der Waals surface area contributed by atoms with Crippen LogP contribution in [0.15, 0.2) is 60.7 Å². The van der Waals surface area contributed by atoms with Gasteiger partial charge in [-0.05, 0) is 11.1 Å². The van der Waals surface area contributed by atoms with E-state index in [0.717, 1.165) is 11.1 Å². The van der Waals surface area contributed by atoms with Crippen LogP contribution in [0.4, 0.5) is 11.9 Å². The molecule has 8 heteroatoms. The molecule has 2 aromatic carbocycles. The molecule has 8 nitrogen and oxygen atoms in total. The van der Waals surface area contributed by atoms with Crippen molar-refractivity contribution in [3.63, 3.8) is 0 Å². The van der Waals surface area contributed by atoms with Crippen LogP contribution in [0.25, 0.3) is 0 Å². The van der Waals surface area contributed by atoms with Gasteiger partial charge in [-0.3, -0.25) is 0 Å². The molecule has 0 fully saturated rings. The van der Waals surface area contributed by atoms with Gasteiger partial charge in [0.25, 0.3) is 0 Å². The molecule has 164 valence electrons. The molecule has 1 heterocycles. The maximum atomic E-state index is 5.55. The molecule has 0 spiro atoms. The highest BCUT2D eigenvalue weighted by molar-refractivity contribution is 5.36. The molecular weight excluding hydrogens is 392 g/mol. The summed E-state index contributed by atoms with van der Waals surface area (Å²) in [6, 6.07) is 20.3. The highest BCUT2D eigenvalue weighted by Gasteiger charge is 2.08. The molecular formula is C23H30N6O2. The highest BCUT2D eigenvalue weighted by atomic mass is 16.5. The molecule has 0 aliphatic heterocycles. The van der Waals surface area contributed by atoms with Crippen molar-refractivity contribution in [1.82, 2.24) is 15.0 Å². The number of aromatic nitrogens is 3. The number of benzene rings is 2. The van der Waals surface area contributed by atoms with Crippen molar-refractivity contribution >= 4 is 11.9 Å². The molecule has 0 aliphatic rings. The molecule has 31 heavy (non-hydrogen) atoms. The van der Waals surface area contributed by atoms with Gasteiger partial charge in [-0.2, -0.15) is 15.0 Å². The van der Waals surface area contributed by atoms with Gasteiger partial charge in [0.2, 0.25) is 11.9 Å². The van der Waals surface area contributed by atoms with Crippen LogP contribution in [0.1, 0.15) is 17.0 Å². The van der Waals surface area contributed by atoms with E-state index in [1.54, 1.807) is 0 Å². The molecule has 0 atom stereocenters. The summed E-state index contributed by atoms with van der Waals surface area (Å²) in [5, 5.41) is 6.52. The summed E-state index contributed by atoms with van der Waals surface area (Å²) in [5.74, 6) is 1.78. The highest BCUT2D eigenvalue weighted by Crippen LogP contribution is 2.11. The van der Waals surface area contributed by atoms with Crippen molar-refractivity contribution in [3.8, 4) is 0 Å². The lowest BCUT2D eigenvalue weighted by Gasteiger charge is -2.11. The first kappa shape index (κ1) is 22.6. The number of rotatable bonds is 14. The topological polar surface area (TPSA) is 107 Å². The predicted molar refractivity (Wildman–Crippen MR) is 122 cm³/mol. The van der Waals surface area contributed by atoms with Crippen LogP contribution in [0.3, 0.4) is 0 Å². The van der Waals surface area contributed by atoms with Crippen LogP contribution in [0.2, 0.25) is 0 Å². The van der Waals surface area contributed by atoms with Crippen molar-refractivity contribution in [1.29, 1.82) is 0 Å². The van der Waals surface area contributed by atoms with Crippen LogP contribution in [-0.4, -0.2) is 54.5 Å². The molecule has 1 aromatic heterocycles. The Labute approximate surface area is 183 Å². The Kier molecular flexibility index (Phi) is 9.68. The fourth-order valence-electron chi connectivity index (χ4n) is 2.85. The first-order chi connectivity index (χ1) is 15.3. The second-order valence-corrected chi connectivity index (χ2v) is 6.84. The summed E-state index contributed by atoms with van der Waals surface area (Å²) in [6.07, 6.45) is 0.632. The predicted octanol–water partition coefficient (Wildman–Crippen LogP) is 2.48. The number of hydrogen-bond donors (Lipinski definition) is 3. The number of anilines is 2. The zero-order chi connectivity index (χ0) is 21.6. The zero-order valence-corrected chi connectivity index (χ0v) is 17.7. The summed E-state index contributed by atoms with van der Waals surface area (Å²) in [6.45, 7) is 3.89. The first-order valence-corrected chi connectivity index (χ1v) is 10.5. The molecule has 0 saturated carbocycles. The number of ether oxygens (including phenoxy) is 2. The van der Waals surface area contributed by atoms with Crippen LogP contribution in [-0.2, 0) is 22.4 Å². The van der Waals surface area contributed by atoms with Crippen molar-refractivity contribution in [3.05, 3.63) is 77.6 Å². The number of hydrogen-bond acceptors (Lipinski definition) is 8. The van der Waals surface area contributed by atoms with Gasteiger partial charge < -0.3 is 25.8 Å². The van der Waals surface area contributed by atoms with E-state index in [2.05, 4.69) is 49.9 Å². The number of nitrogens with zero attached hydrogens (tertiary/aromatic N) is 3. The largest absolute Gasteiger partial charge is 0.378 e. The standard InChI is InChI=1S/C23H30N6O2/c24-11-13-30-15-16-31-14-12-25-22-27-21(17-19-7-3-1-4-8-19)28-23(29-22)26-18-20-9-5-2-6-10-20/h1-10H,11-18,24H2,(H2,25,26,27,28,29). The fourth-order valence-corrected chi connectivity index (χ4v) is 2.85. The maximum absolute atomic E-state index is 5.55. The van der Waals surface area contributed by atoms with Gasteiger partial charge in [0.15, 0.2) is 0 Å². The average molecular weight is 423 g/mol. The smallest absolute Gasteiger partial charge is 0.228 e. The van der Waals surface area contributed by atoms with E-state index >= 15 is 0 Å². The lowest BCUT2D eigenvalue weighted by molar-refractivity contribution is 0.0547. The maximum Gasteiger partial charge on any atom is 0.228 e. The first-order valence-electron chi connectivity index (χ1n) is 10.5. The Morgan fingerprint density at radius 3 is 1.97 bits per heavy atom. The number of nitrogens with one attached hydrogen (secondary N) is 2. The minimum atomic E-state index is 0.521. The minimum Gasteiger partial charge on any atom is -0.378 e. The summed E-state index contributed by atoms with van der Waals surface area (Å²) >= 11 is 0. The Hall–Kier alpha value is -3.07. The van der Waals surface area contributed by atoms with Gasteiger partial charge in [-0.25, -0.2) is 0 Å². The van der Waals surface area contributed by atoms with Crippen molar-refractivity contribution in [2.24, 2.45) is 5.73 Å². The molecule has 3 rings (SSSR count). The summed E-state index contributed by atoms with van der Waals surface area (Å²) in [7, 11) is 0. The molecule has 0 bridgehead atoms. The van der Waals surface area contributed by atoms with Crippen molar-refractivity contribution in [2.75, 3.05) is 50.2 Å². The van der Waals surface area contributed by atoms with Gasteiger partial charge in [0.1, 0.15) is 5.82 Å². The Bertz CT molecular complexity index is 880. The fraction of sp³-hybridized carbons (Fsp3) is 0.348. The molecule has 3 aromatic rings. The van der Waals surface area contributed by atoms with Crippen molar-refractivity contribution in [2.45, 2.75) is 13.0 Å². The van der Waals surface area contributed by atoms with Gasteiger partial charge in [-0.15, -0.1) is 0 Å². The third-order valence-electron chi connectivity index (χ3n) is 4.34. The summed E-state index contributed by atoms with van der Waals surface area (Å²) in [4.78, 5) is 13.7. The monoisotopic (exact) mass is 422 g/mol. The van der Waals surface area contributed by atoms with E-state index in [4.69, 9.17) is 15.2 Å². The van der Waals surface area contributed by atoms with Gasteiger partial charge in [0.05, 0.1) is 26.4 Å². The SMILES string of the molecule is NCCOCCOCCNc1nc(Cc2ccccc2)nc(NCc2ccccc2)n1. The van der Waals surface area contributed by atoms with Crippen LogP contribution in [0, 0.1) is 0 Å². The minimum absolute atomic E-state index is 0.521. The van der Waals surface area contributed by atoms with E-state index in [-0.39, 0.29) is 0 Å². The van der Waals surface area contributed by atoms with Crippen LogP contribution >= 0.6 is 0 Å². The lowest BCUT2D eigenvalue weighted by atomic mass is 10.1. The van der Waals surface area contributed by atoms with E-state index in [9.17, 15) is 0 Å². The lowest BCUT2D eigenvalue weighted by Crippen LogP contribution is -2.17. The molecule has 0 unspecified atom stereocenters. The second-order valence-electron chi connectivity index (χ2n) is 6.84. The number of nitrogens with two attached hydrogens (primary N) is 1. The van der Waals surface area contributed by atoms with Crippen LogP contribution in [0.5, 0.6) is 0 Å². The van der Waals surface area contributed by atoms with Gasteiger partial charge in [-0.1, -0.05) is 60.7 Å². The molecule has 0 amide bonds.